The normalized spacial score (nSPS) is 12.6. The summed E-state index contributed by atoms with van der Waals surface area (Å²) < 4.78 is 27.5. The number of aryl methyl sites for hydroxylation is 1. The Balaban J connectivity index is 3.28. The minimum atomic E-state index is -0.531. The predicted molar refractivity (Wildman–Crippen MR) is 62.3 cm³/mol. The summed E-state index contributed by atoms with van der Waals surface area (Å²) in [6.45, 7) is 9.67. The molecule has 1 aromatic carbocycles. The quantitative estimate of drug-likeness (QED) is 0.773. The molecule has 0 aromatic heterocycles. The van der Waals surface area contributed by atoms with Gasteiger partial charge in [0.25, 0.3) is 0 Å². The first-order valence-electron chi connectivity index (χ1n) is 5.32. The SMILES string of the molecule is C=C(C)C(NCC)c1c(F)ccc(C)c1F. The highest BCUT2D eigenvalue weighted by atomic mass is 19.1. The van der Waals surface area contributed by atoms with Crippen molar-refractivity contribution in [1.82, 2.24) is 5.32 Å². The predicted octanol–water partition coefficient (Wildman–Crippen LogP) is 3.50. The van der Waals surface area contributed by atoms with Crippen LogP contribution in [-0.2, 0) is 0 Å². The minimum Gasteiger partial charge on any atom is -0.307 e. The average molecular weight is 225 g/mol. The van der Waals surface area contributed by atoms with Crippen LogP contribution in [0, 0.1) is 18.6 Å². The molecule has 0 saturated carbocycles. The van der Waals surface area contributed by atoms with Crippen molar-refractivity contribution >= 4 is 0 Å². The van der Waals surface area contributed by atoms with Gasteiger partial charge in [-0.3, -0.25) is 0 Å². The highest BCUT2D eigenvalue weighted by molar-refractivity contribution is 5.33. The summed E-state index contributed by atoms with van der Waals surface area (Å²) >= 11 is 0. The van der Waals surface area contributed by atoms with Crippen LogP contribution < -0.4 is 5.32 Å². The Kier molecular flexibility index (Phi) is 4.19. The van der Waals surface area contributed by atoms with Gasteiger partial charge in [0.1, 0.15) is 11.6 Å². The van der Waals surface area contributed by atoms with Gasteiger partial charge in [0, 0.05) is 5.56 Å². The van der Waals surface area contributed by atoms with E-state index in [2.05, 4.69) is 11.9 Å². The molecule has 1 unspecified atom stereocenters. The molecule has 0 aliphatic carbocycles. The Bertz CT molecular complexity index is 399. The van der Waals surface area contributed by atoms with Crippen LogP contribution in [0.25, 0.3) is 0 Å². The van der Waals surface area contributed by atoms with Crippen molar-refractivity contribution in [3.63, 3.8) is 0 Å². The van der Waals surface area contributed by atoms with E-state index in [1.54, 1.807) is 13.8 Å². The lowest BCUT2D eigenvalue weighted by Crippen LogP contribution is -2.24. The summed E-state index contributed by atoms with van der Waals surface area (Å²) in [5, 5.41) is 3.03. The molecule has 1 aromatic rings. The first-order chi connectivity index (χ1) is 7.49. The number of likely N-dealkylation sites (N-methyl/N-ethyl adjacent to an activating group) is 1. The molecule has 0 heterocycles. The zero-order valence-electron chi connectivity index (χ0n) is 9.90. The first-order valence-corrected chi connectivity index (χ1v) is 5.32. The third kappa shape index (κ3) is 2.47. The van der Waals surface area contributed by atoms with Crippen LogP contribution in [0.4, 0.5) is 8.78 Å². The van der Waals surface area contributed by atoms with Crippen molar-refractivity contribution in [3.05, 3.63) is 47.0 Å². The van der Waals surface area contributed by atoms with Crippen molar-refractivity contribution in [1.29, 1.82) is 0 Å². The smallest absolute Gasteiger partial charge is 0.134 e. The Labute approximate surface area is 95.2 Å². The van der Waals surface area contributed by atoms with E-state index in [0.29, 0.717) is 17.7 Å². The van der Waals surface area contributed by atoms with Gasteiger partial charge < -0.3 is 5.32 Å². The lowest BCUT2D eigenvalue weighted by atomic mass is 9.97. The molecule has 0 aliphatic heterocycles. The van der Waals surface area contributed by atoms with Gasteiger partial charge in [-0.15, -0.1) is 0 Å². The summed E-state index contributed by atoms with van der Waals surface area (Å²) in [5.41, 5.74) is 1.21. The highest BCUT2D eigenvalue weighted by Crippen LogP contribution is 2.27. The lowest BCUT2D eigenvalue weighted by Gasteiger charge is -2.20. The van der Waals surface area contributed by atoms with Gasteiger partial charge in [0.15, 0.2) is 0 Å². The van der Waals surface area contributed by atoms with E-state index in [1.807, 2.05) is 6.92 Å². The zero-order valence-corrected chi connectivity index (χ0v) is 9.90. The molecule has 0 fully saturated rings. The molecule has 0 spiro atoms. The number of nitrogens with one attached hydrogen (secondary N) is 1. The molecular weight excluding hydrogens is 208 g/mol. The van der Waals surface area contributed by atoms with Crippen LogP contribution in [0.15, 0.2) is 24.3 Å². The van der Waals surface area contributed by atoms with Crippen LogP contribution in [-0.4, -0.2) is 6.54 Å². The summed E-state index contributed by atoms with van der Waals surface area (Å²) in [7, 11) is 0. The lowest BCUT2D eigenvalue weighted by molar-refractivity contribution is 0.503. The van der Waals surface area contributed by atoms with E-state index < -0.39 is 17.7 Å². The molecule has 3 heteroatoms. The van der Waals surface area contributed by atoms with E-state index in [4.69, 9.17) is 0 Å². The first kappa shape index (κ1) is 12.8. The second-order valence-electron chi connectivity index (χ2n) is 3.93. The standard InChI is InChI=1S/C13H17F2N/c1-5-16-13(8(2)3)11-10(14)7-6-9(4)12(11)15/h6-7,13,16H,2,5H2,1,3-4H3. The summed E-state index contributed by atoms with van der Waals surface area (Å²) in [4.78, 5) is 0. The Morgan fingerprint density at radius 1 is 1.44 bits per heavy atom. The van der Waals surface area contributed by atoms with Crippen LogP contribution >= 0.6 is 0 Å². The molecule has 1 nitrogen and oxygen atoms in total. The zero-order chi connectivity index (χ0) is 12.3. The van der Waals surface area contributed by atoms with Crippen LogP contribution in [0.5, 0.6) is 0 Å². The number of halogens is 2. The number of hydrogen-bond acceptors (Lipinski definition) is 1. The fourth-order valence-corrected chi connectivity index (χ4v) is 1.67. The van der Waals surface area contributed by atoms with Crippen molar-refractivity contribution in [2.75, 3.05) is 6.54 Å². The van der Waals surface area contributed by atoms with E-state index in [1.165, 1.54) is 12.1 Å². The largest absolute Gasteiger partial charge is 0.307 e. The summed E-state index contributed by atoms with van der Waals surface area (Å²) in [6.07, 6.45) is 0. The Morgan fingerprint density at radius 3 is 2.56 bits per heavy atom. The fourth-order valence-electron chi connectivity index (χ4n) is 1.67. The maximum atomic E-state index is 13.9. The topological polar surface area (TPSA) is 12.0 Å². The van der Waals surface area contributed by atoms with Crippen molar-refractivity contribution in [3.8, 4) is 0 Å². The molecule has 0 saturated heterocycles. The molecular formula is C13H17F2N. The second-order valence-corrected chi connectivity index (χ2v) is 3.93. The number of hydrogen-bond donors (Lipinski definition) is 1. The van der Waals surface area contributed by atoms with Gasteiger partial charge in [-0.25, -0.2) is 8.78 Å². The van der Waals surface area contributed by atoms with Crippen LogP contribution in [0.1, 0.15) is 31.0 Å². The van der Waals surface area contributed by atoms with Crippen molar-refractivity contribution < 1.29 is 8.78 Å². The van der Waals surface area contributed by atoms with Crippen molar-refractivity contribution in [2.24, 2.45) is 0 Å². The molecule has 0 radical (unpaired) electrons. The Hall–Kier alpha value is -1.22. The molecule has 0 aliphatic rings. The van der Waals surface area contributed by atoms with Crippen LogP contribution in [0.3, 0.4) is 0 Å². The third-order valence-corrected chi connectivity index (χ3v) is 2.51. The molecule has 88 valence electrons. The second kappa shape index (κ2) is 5.21. The Morgan fingerprint density at radius 2 is 2.06 bits per heavy atom. The maximum absolute atomic E-state index is 13.9. The van der Waals surface area contributed by atoms with Gasteiger partial charge in [-0.05, 0) is 32.0 Å². The fraction of sp³-hybridized carbons (Fsp3) is 0.385. The van der Waals surface area contributed by atoms with Gasteiger partial charge in [0.2, 0.25) is 0 Å². The van der Waals surface area contributed by atoms with Crippen molar-refractivity contribution in [2.45, 2.75) is 26.8 Å². The summed E-state index contributed by atoms with van der Waals surface area (Å²) in [6, 6.07) is 2.27. The molecule has 0 bridgehead atoms. The van der Waals surface area contributed by atoms with Gasteiger partial charge in [-0.1, -0.05) is 25.1 Å². The van der Waals surface area contributed by atoms with E-state index >= 15 is 0 Å². The van der Waals surface area contributed by atoms with E-state index in [-0.39, 0.29) is 5.56 Å². The maximum Gasteiger partial charge on any atom is 0.134 e. The summed E-state index contributed by atoms with van der Waals surface area (Å²) in [5.74, 6) is -1.02. The monoisotopic (exact) mass is 225 g/mol. The number of rotatable bonds is 4. The number of benzene rings is 1. The van der Waals surface area contributed by atoms with E-state index in [9.17, 15) is 8.78 Å². The molecule has 1 atom stereocenters. The van der Waals surface area contributed by atoms with Crippen LogP contribution in [0.2, 0.25) is 0 Å². The minimum absolute atomic E-state index is 0.0642. The average Bonchev–Trinajstić information content (AvgIpc) is 2.22. The highest BCUT2D eigenvalue weighted by Gasteiger charge is 2.21. The third-order valence-electron chi connectivity index (χ3n) is 2.51. The molecule has 16 heavy (non-hydrogen) atoms. The van der Waals surface area contributed by atoms with Gasteiger partial charge >= 0.3 is 0 Å². The van der Waals surface area contributed by atoms with Gasteiger partial charge in [-0.2, -0.15) is 0 Å². The molecule has 0 amide bonds. The molecule has 1 N–H and O–H groups in total. The van der Waals surface area contributed by atoms with Gasteiger partial charge in [0.05, 0.1) is 6.04 Å². The molecule has 1 rings (SSSR count). The van der Waals surface area contributed by atoms with E-state index in [0.717, 1.165) is 0 Å².